The third-order valence-electron chi connectivity index (χ3n) is 6.29. The highest BCUT2D eigenvalue weighted by Gasteiger charge is 2.04. The number of hydrogen-bond acceptors (Lipinski definition) is 8. The van der Waals surface area contributed by atoms with Crippen molar-refractivity contribution < 1.29 is 29.0 Å². The van der Waals surface area contributed by atoms with Gasteiger partial charge in [0.25, 0.3) is 0 Å². The monoisotopic (exact) mass is 650 g/mol. The number of isocyanates is 1. The van der Waals surface area contributed by atoms with Crippen LogP contribution in [0.15, 0.2) is 114 Å². The lowest BCUT2D eigenvalue weighted by Gasteiger charge is -2.08. The number of aliphatic hydroxyl groups is 1. The molecule has 0 aliphatic rings. The molecule has 10 heteroatoms. The van der Waals surface area contributed by atoms with Gasteiger partial charge in [-0.1, -0.05) is 55.5 Å². The van der Waals surface area contributed by atoms with Gasteiger partial charge in [0, 0.05) is 32.0 Å². The number of rotatable bonds is 12. The Morgan fingerprint density at radius 3 is 1.52 bits per heavy atom. The van der Waals surface area contributed by atoms with Crippen molar-refractivity contribution in [3.8, 4) is 0 Å². The fourth-order valence-electron chi connectivity index (χ4n) is 3.98. The molecule has 0 radical (unpaired) electrons. The van der Waals surface area contributed by atoms with Crippen LogP contribution in [0.1, 0.15) is 42.5 Å². The number of carbonyl (C=O) groups is 2. The number of benzene rings is 4. The molecular formula is C38H42N4O6. The fraction of sp³-hybridized carbons (Fsp3) is 0.237. The van der Waals surface area contributed by atoms with Crippen LogP contribution < -0.4 is 10.6 Å². The Morgan fingerprint density at radius 1 is 0.729 bits per heavy atom. The van der Waals surface area contributed by atoms with Crippen LogP contribution >= 0.6 is 0 Å². The Labute approximate surface area is 281 Å². The van der Waals surface area contributed by atoms with Crippen molar-refractivity contribution in [2.75, 3.05) is 37.6 Å². The smallest absolute Gasteiger partial charge is 0.411 e. The molecule has 10 nitrogen and oxygen atoms in total. The molecule has 250 valence electrons. The average Bonchev–Trinajstić information content (AvgIpc) is 3.09. The lowest BCUT2D eigenvalue weighted by molar-refractivity contribution is -0.114. The molecule has 0 spiro atoms. The summed E-state index contributed by atoms with van der Waals surface area (Å²) in [7, 11) is 1.55. The maximum Gasteiger partial charge on any atom is 0.411 e. The second-order valence-electron chi connectivity index (χ2n) is 10.2. The summed E-state index contributed by atoms with van der Waals surface area (Å²) in [4.78, 5) is 40.2. The molecular weight excluding hydrogens is 608 g/mol. The van der Waals surface area contributed by atoms with Gasteiger partial charge in [-0.25, -0.2) is 14.6 Å². The molecule has 0 aliphatic carbocycles. The largest absolute Gasteiger partial charge is 0.447 e. The van der Waals surface area contributed by atoms with Gasteiger partial charge in [-0.15, -0.1) is 0 Å². The topological polar surface area (TPSA) is 139 Å². The summed E-state index contributed by atoms with van der Waals surface area (Å²) in [5, 5.41) is 13.3. The van der Waals surface area contributed by atoms with E-state index >= 15 is 0 Å². The van der Waals surface area contributed by atoms with Gasteiger partial charge in [0.05, 0.1) is 18.0 Å². The molecule has 0 unspecified atom stereocenters. The van der Waals surface area contributed by atoms with Crippen molar-refractivity contribution in [3.05, 3.63) is 126 Å². The van der Waals surface area contributed by atoms with Crippen molar-refractivity contribution in [2.24, 2.45) is 9.98 Å². The third kappa shape index (κ3) is 16.1. The summed E-state index contributed by atoms with van der Waals surface area (Å²) in [6, 6.07) is 30.7. The van der Waals surface area contributed by atoms with E-state index in [9.17, 15) is 14.4 Å². The molecule has 4 aromatic rings. The molecule has 0 saturated heterocycles. The van der Waals surface area contributed by atoms with E-state index in [4.69, 9.17) is 14.6 Å². The summed E-state index contributed by atoms with van der Waals surface area (Å²) in [5.74, 6) is 2.42. The molecule has 0 aromatic heterocycles. The minimum atomic E-state index is -0.502. The quantitative estimate of drug-likeness (QED) is 0.0822. The summed E-state index contributed by atoms with van der Waals surface area (Å²) >= 11 is 0. The zero-order valence-electron chi connectivity index (χ0n) is 27.6. The highest BCUT2D eigenvalue weighted by atomic mass is 16.6. The van der Waals surface area contributed by atoms with E-state index in [1.54, 1.807) is 19.2 Å². The Hall–Kier alpha value is -5.63. The number of anilines is 2. The Morgan fingerprint density at radius 2 is 1.15 bits per heavy atom. The normalized spacial score (nSPS) is 9.58. The van der Waals surface area contributed by atoms with Gasteiger partial charge >= 0.3 is 6.09 Å². The van der Waals surface area contributed by atoms with Gasteiger partial charge in [-0.2, -0.15) is 4.99 Å². The van der Waals surface area contributed by atoms with Crippen LogP contribution in [0.4, 0.5) is 27.5 Å². The number of ether oxygens (including phenoxy) is 2. The van der Waals surface area contributed by atoms with E-state index in [2.05, 4.69) is 33.1 Å². The van der Waals surface area contributed by atoms with Crippen LogP contribution in [0.5, 0.6) is 0 Å². The van der Waals surface area contributed by atoms with Gasteiger partial charge in [0.2, 0.25) is 12.0 Å². The lowest BCUT2D eigenvalue weighted by Crippen LogP contribution is -2.16. The number of hydrogen-bond donors (Lipinski definition) is 3. The maximum atomic E-state index is 11.6. The van der Waals surface area contributed by atoms with Crippen molar-refractivity contribution in [1.82, 2.24) is 0 Å². The Kier molecular flexibility index (Phi) is 18.3. The molecule has 4 rings (SSSR count). The van der Waals surface area contributed by atoms with Crippen molar-refractivity contribution >= 4 is 46.7 Å². The molecule has 0 aliphatic heterocycles. The highest BCUT2D eigenvalue weighted by Crippen LogP contribution is 2.18. The van der Waals surface area contributed by atoms with E-state index in [1.165, 1.54) is 18.6 Å². The van der Waals surface area contributed by atoms with Crippen molar-refractivity contribution in [2.45, 2.75) is 33.1 Å². The molecule has 48 heavy (non-hydrogen) atoms. The number of carbonyl (C=O) groups excluding carboxylic acids is 3. The number of nitrogens with one attached hydrogen (secondary N) is 2. The third-order valence-corrected chi connectivity index (χ3v) is 6.29. The first-order valence-corrected chi connectivity index (χ1v) is 15.3. The number of nitrogens with zero attached hydrogens (tertiary/aromatic N) is 2. The molecule has 0 atom stereocenters. The minimum absolute atomic E-state index is 0.0865. The second kappa shape index (κ2) is 22.8. The van der Waals surface area contributed by atoms with Crippen LogP contribution in [0.25, 0.3) is 0 Å². The Bertz CT molecular complexity index is 1560. The number of aliphatic imine (C=N–C) groups is 2. The first-order chi connectivity index (χ1) is 23.3. The zero-order valence-corrected chi connectivity index (χ0v) is 27.6. The first kappa shape index (κ1) is 38.6. The fourth-order valence-corrected chi connectivity index (χ4v) is 3.98. The van der Waals surface area contributed by atoms with Gasteiger partial charge in [0.15, 0.2) is 0 Å². The van der Waals surface area contributed by atoms with Crippen LogP contribution in [0.2, 0.25) is 0 Å². The maximum absolute atomic E-state index is 11.6. The van der Waals surface area contributed by atoms with E-state index in [-0.39, 0.29) is 12.5 Å². The van der Waals surface area contributed by atoms with Crippen molar-refractivity contribution in [3.63, 3.8) is 0 Å². The van der Waals surface area contributed by atoms with Gasteiger partial charge in [0.1, 0.15) is 6.61 Å². The number of methoxy groups -OCH3 is 1. The predicted octanol–water partition coefficient (Wildman–Crippen LogP) is 7.55. The highest BCUT2D eigenvalue weighted by molar-refractivity contribution is 5.88. The average molecular weight is 651 g/mol. The van der Waals surface area contributed by atoms with E-state index in [1.807, 2.05) is 91.9 Å². The van der Waals surface area contributed by atoms with E-state index < -0.39 is 6.09 Å². The SMILES string of the molecule is C=C=Nc1ccc(Cc2ccc(N=C=O)cc2)cc1.CCCO.COCCOC(=O)Nc1ccc(Cc2ccc(NC(C)=O)cc2)cc1. The predicted molar refractivity (Wildman–Crippen MR) is 190 cm³/mol. The number of amides is 2. The van der Waals surface area contributed by atoms with E-state index in [0.29, 0.717) is 24.6 Å². The van der Waals surface area contributed by atoms with Crippen LogP contribution in [0.3, 0.4) is 0 Å². The van der Waals surface area contributed by atoms with Crippen LogP contribution in [-0.2, 0) is 31.9 Å². The molecule has 0 heterocycles. The molecule has 0 saturated carbocycles. The zero-order chi connectivity index (χ0) is 35.0. The molecule has 2 amide bonds. The lowest BCUT2D eigenvalue weighted by atomic mass is 10.0. The summed E-state index contributed by atoms with van der Waals surface area (Å²) in [5.41, 5.74) is 7.51. The van der Waals surface area contributed by atoms with Gasteiger partial charge in [-0.3, -0.25) is 10.1 Å². The summed E-state index contributed by atoms with van der Waals surface area (Å²) < 4.78 is 9.76. The molecule has 4 aromatic carbocycles. The van der Waals surface area contributed by atoms with Crippen LogP contribution in [-0.4, -0.2) is 56.0 Å². The minimum Gasteiger partial charge on any atom is -0.447 e. The van der Waals surface area contributed by atoms with Gasteiger partial charge in [-0.05, 0) is 102 Å². The second-order valence-corrected chi connectivity index (χ2v) is 10.2. The first-order valence-electron chi connectivity index (χ1n) is 15.3. The van der Waals surface area contributed by atoms with Crippen molar-refractivity contribution in [1.29, 1.82) is 0 Å². The van der Waals surface area contributed by atoms with E-state index in [0.717, 1.165) is 47.3 Å². The molecule has 0 fully saturated rings. The molecule has 0 bridgehead atoms. The number of aliphatic hydroxyl groups excluding tert-OH is 1. The summed E-state index contributed by atoms with van der Waals surface area (Å²) in [6.07, 6.45) is 3.48. The van der Waals surface area contributed by atoms with Crippen LogP contribution in [0, 0.1) is 0 Å². The summed E-state index contributed by atoms with van der Waals surface area (Å²) in [6.45, 7) is 7.76. The standard InChI is InChI=1S/C19H22N2O4.C16H12N2O.C3H8O/c1-14(22)20-17-7-3-15(4-8-17)13-16-5-9-18(10-6-16)21-19(23)25-12-11-24-2;1-2-17-15-7-3-13(4-8-15)11-14-5-9-16(10-6-14)18-12-19;1-2-3-4/h3-10H,11-13H2,1-2H3,(H,20,22)(H,21,23);3-10H,1,11H2;4H,2-3H2,1H3. The van der Waals surface area contributed by atoms with Gasteiger partial charge < -0.3 is 19.9 Å². The molecule has 3 N–H and O–H groups in total. The Balaban J connectivity index is 0.000000308.